The highest BCUT2D eigenvalue weighted by atomic mass is 32.1. The summed E-state index contributed by atoms with van der Waals surface area (Å²) in [6.45, 7) is 1.39. The summed E-state index contributed by atoms with van der Waals surface area (Å²) in [6.07, 6.45) is 2.43. The zero-order valence-corrected chi connectivity index (χ0v) is 14.1. The molecule has 2 aromatic rings. The maximum absolute atomic E-state index is 12.7. The Morgan fingerprint density at radius 3 is 2.75 bits per heavy atom. The summed E-state index contributed by atoms with van der Waals surface area (Å²) in [5.74, 6) is -0.753. The fourth-order valence-electron chi connectivity index (χ4n) is 2.63. The second-order valence-corrected chi connectivity index (χ2v) is 6.48. The van der Waals surface area contributed by atoms with Crippen LogP contribution in [0.1, 0.15) is 39.1 Å². The monoisotopic (exact) mass is 344 g/mol. The Labute approximate surface area is 142 Å². The number of thiazole rings is 1. The molecule has 0 fully saturated rings. The SMILES string of the molecule is CNc1ccc(C(=O)C2CCc3nc(NC(C)=O)sc3C2=O)cn1. The van der Waals surface area contributed by atoms with E-state index in [4.69, 9.17) is 0 Å². The van der Waals surface area contributed by atoms with E-state index in [1.54, 1.807) is 19.2 Å². The van der Waals surface area contributed by atoms with Crippen LogP contribution in [-0.2, 0) is 11.2 Å². The lowest BCUT2D eigenvalue weighted by Crippen LogP contribution is -2.28. The number of rotatable bonds is 4. The van der Waals surface area contributed by atoms with Gasteiger partial charge in [0.05, 0.1) is 16.5 Å². The number of Topliss-reactive ketones (excluding diaryl/α,β-unsaturated/α-hetero) is 2. The second kappa shape index (κ2) is 6.48. The first-order valence-corrected chi connectivity index (χ1v) is 8.30. The molecule has 8 heteroatoms. The maximum Gasteiger partial charge on any atom is 0.223 e. The van der Waals surface area contributed by atoms with Gasteiger partial charge in [0, 0.05) is 25.7 Å². The highest BCUT2D eigenvalue weighted by Crippen LogP contribution is 2.33. The van der Waals surface area contributed by atoms with E-state index in [0.717, 1.165) is 11.3 Å². The van der Waals surface area contributed by atoms with Crippen molar-refractivity contribution in [3.05, 3.63) is 34.5 Å². The zero-order chi connectivity index (χ0) is 17.3. The lowest BCUT2D eigenvalue weighted by Gasteiger charge is -2.18. The highest BCUT2D eigenvalue weighted by molar-refractivity contribution is 7.17. The minimum atomic E-state index is -0.717. The Morgan fingerprint density at radius 2 is 2.12 bits per heavy atom. The molecule has 0 spiro atoms. The lowest BCUT2D eigenvalue weighted by molar-refractivity contribution is -0.114. The van der Waals surface area contributed by atoms with Crippen molar-refractivity contribution in [2.24, 2.45) is 5.92 Å². The Morgan fingerprint density at radius 1 is 1.33 bits per heavy atom. The molecule has 1 aliphatic carbocycles. The number of fused-ring (bicyclic) bond motifs is 1. The van der Waals surface area contributed by atoms with Gasteiger partial charge in [0.15, 0.2) is 16.7 Å². The van der Waals surface area contributed by atoms with E-state index in [0.29, 0.717) is 39.9 Å². The summed E-state index contributed by atoms with van der Waals surface area (Å²) in [5.41, 5.74) is 1.07. The Bertz CT molecular complexity index is 813. The molecule has 0 aliphatic heterocycles. The smallest absolute Gasteiger partial charge is 0.223 e. The molecular weight excluding hydrogens is 328 g/mol. The molecule has 1 unspecified atom stereocenters. The molecule has 124 valence electrons. The van der Waals surface area contributed by atoms with Crippen LogP contribution in [0.4, 0.5) is 10.9 Å². The molecule has 2 heterocycles. The maximum atomic E-state index is 12.7. The third-order valence-electron chi connectivity index (χ3n) is 3.81. The summed E-state index contributed by atoms with van der Waals surface area (Å²) in [5, 5.41) is 5.86. The number of aryl methyl sites for hydroxylation is 1. The number of anilines is 2. The number of ketones is 2. The van der Waals surface area contributed by atoms with Gasteiger partial charge in [0.25, 0.3) is 0 Å². The van der Waals surface area contributed by atoms with Crippen molar-refractivity contribution >= 4 is 39.8 Å². The number of hydrogen-bond acceptors (Lipinski definition) is 7. The molecule has 2 aromatic heterocycles. The van der Waals surface area contributed by atoms with Crippen LogP contribution in [0.3, 0.4) is 0 Å². The van der Waals surface area contributed by atoms with Crippen molar-refractivity contribution in [3.8, 4) is 0 Å². The van der Waals surface area contributed by atoms with E-state index >= 15 is 0 Å². The molecular formula is C16H16N4O3S. The van der Waals surface area contributed by atoms with Crippen molar-refractivity contribution in [2.45, 2.75) is 19.8 Å². The molecule has 1 amide bonds. The molecule has 7 nitrogen and oxygen atoms in total. The third kappa shape index (κ3) is 3.05. The highest BCUT2D eigenvalue weighted by Gasteiger charge is 2.36. The summed E-state index contributed by atoms with van der Waals surface area (Å²) in [7, 11) is 1.74. The molecule has 0 radical (unpaired) electrons. The topological polar surface area (TPSA) is 101 Å². The van der Waals surface area contributed by atoms with Crippen LogP contribution < -0.4 is 10.6 Å². The minimum Gasteiger partial charge on any atom is -0.373 e. The summed E-state index contributed by atoms with van der Waals surface area (Å²) in [6, 6.07) is 3.37. The number of aromatic nitrogens is 2. The van der Waals surface area contributed by atoms with Gasteiger partial charge in [0.1, 0.15) is 5.82 Å². The molecule has 3 rings (SSSR count). The number of carbonyl (C=O) groups is 3. The standard InChI is InChI=1S/C16H16N4O3S/c1-8(21)19-16-20-11-5-4-10(14(23)15(11)24-16)13(22)9-3-6-12(17-2)18-7-9/h3,6-7,10H,4-5H2,1-2H3,(H,17,18)(H,19,20,21). The fourth-order valence-corrected chi connectivity index (χ4v) is 3.68. The quantitative estimate of drug-likeness (QED) is 0.651. The summed E-state index contributed by atoms with van der Waals surface area (Å²) >= 11 is 1.12. The van der Waals surface area contributed by atoms with Gasteiger partial charge in [0.2, 0.25) is 5.91 Å². The van der Waals surface area contributed by atoms with E-state index in [1.807, 2.05) is 0 Å². The van der Waals surface area contributed by atoms with Crippen LogP contribution in [0.5, 0.6) is 0 Å². The molecule has 24 heavy (non-hydrogen) atoms. The van der Waals surface area contributed by atoms with E-state index in [-0.39, 0.29) is 17.5 Å². The van der Waals surface area contributed by atoms with Gasteiger partial charge >= 0.3 is 0 Å². The third-order valence-corrected chi connectivity index (χ3v) is 4.84. The molecule has 0 aromatic carbocycles. The molecule has 1 atom stereocenters. The summed E-state index contributed by atoms with van der Waals surface area (Å²) < 4.78 is 0. The van der Waals surface area contributed by atoms with Crippen LogP contribution in [-0.4, -0.2) is 34.5 Å². The number of pyridine rings is 1. The van der Waals surface area contributed by atoms with Gasteiger partial charge in [-0.1, -0.05) is 11.3 Å². The average molecular weight is 344 g/mol. The first-order chi connectivity index (χ1) is 11.5. The van der Waals surface area contributed by atoms with Gasteiger partial charge in [-0.15, -0.1) is 0 Å². The Balaban J connectivity index is 1.83. The van der Waals surface area contributed by atoms with Crippen LogP contribution in [0.2, 0.25) is 0 Å². The molecule has 2 N–H and O–H groups in total. The predicted octanol–water partition coefficient (Wildman–Crippen LogP) is 2.17. The first-order valence-electron chi connectivity index (χ1n) is 7.49. The van der Waals surface area contributed by atoms with Gasteiger partial charge in [-0.05, 0) is 25.0 Å². The number of hydrogen-bond donors (Lipinski definition) is 2. The average Bonchev–Trinajstić information content (AvgIpc) is 2.97. The van der Waals surface area contributed by atoms with Crippen molar-refractivity contribution in [1.29, 1.82) is 0 Å². The zero-order valence-electron chi connectivity index (χ0n) is 13.3. The normalized spacial score (nSPS) is 16.4. The number of amides is 1. The van der Waals surface area contributed by atoms with Crippen LogP contribution in [0.25, 0.3) is 0 Å². The number of nitrogens with zero attached hydrogens (tertiary/aromatic N) is 2. The number of carbonyl (C=O) groups excluding carboxylic acids is 3. The largest absolute Gasteiger partial charge is 0.373 e. The second-order valence-electron chi connectivity index (χ2n) is 5.48. The molecule has 0 saturated heterocycles. The predicted molar refractivity (Wildman–Crippen MR) is 90.7 cm³/mol. The molecule has 0 bridgehead atoms. The Hall–Kier alpha value is -2.61. The van der Waals surface area contributed by atoms with Gasteiger partial charge < -0.3 is 10.6 Å². The van der Waals surface area contributed by atoms with Gasteiger partial charge in [-0.25, -0.2) is 9.97 Å². The van der Waals surface area contributed by atoms with E-state index in [2.05, 4.69) is 20.6 Å². The van der Waals surface area contributed by atoms with Crippen molar-refractivity contribution in [1.82, 2.24) is 9.97 Å². The minimum absolute atomic E-state index is 0.227. The van der Waals surface area contributed by atoms with E-state index in [9.17, 15) is 14.4 Å². The van der Waals surface area contributed by atoms with Crippen molar-refractivity contribution < 1.29 is 14.4 Å². The van der Waals surface area contributed by atoms with Crippen LogP contribution >= 0.6 is 11.3 Å². The van der Waals surface area contributed by atoms with E-state index in [1.165, 1.54) is 13.1 Å². The van der Waals surface area contributed by atoms with Crippen molar-refractivity contribution in [2.75, 3.05) is 17.7 Å². The fraction of sp³-hybridized carbons (Fsp3) is 0.312. The van der Waals surface area contributed by atoms with E-state index < -0.39 is 5.92 Å². The first kappa shape index (κ1) is 16.3. The summed E-state index contributed by atoms with van der Waals surface area (Å²) in [4.78, 5) is 45.3. The number of nitrogens with one attached hydrogen (secondary N) is 2. The lowest BCUT2D eigenvalue weighted by atomic mass is 9.84. The van der Waals surface area contributed by atoms with Crippen LogP contribution in [0.15, 0.2) is 18.3 Å². The van der Waals surface area contributed by atoms with Gasteiger partial charge in [-0.3, -0.25) is 14.4 Å². The molecule has 1 aliphatic rings. The van der Waals surface area contributed by atoms with Gasteiger partial charge in [-0.2, -0.15) is 0 Å². The molecule has 0 saturated carbocycles. The van der Waals surface area contributed by atoms with Crippen molar-refractivity contribution in [3.63, 3.8) is 0 Å². The Kier molecular flexibility index (Phi) is 4.39. The van der Waals surface area contributed by atoms with Crippen LogP contribution in [0, 0.1) is 5.92 Å².